The summed E-state index contributed by atoms with van der Waals surface area (Å²) in [6, 6.07) is 11.3. The van der Waals surface area contributed by atoms with Crippen LogP contribution in [0, 0.1) is 0 Å². The fourth-order valence-electron chi connectivity index (χ4n) is 3.07. The molecule has 35 heavy (non-hydrogen) atoms. The Kier molecular flexibility index (Phi) is 8.66. The Morgan fingerprint density at radius 3 is 2.54 bits per heavy atom. The molecule has 2 N–H and O–H groups in total. The lowest BCUT2D eigenvalue weighted by atomic mass is 10.1. The molecule has 2 aromatic rings. The van der Waals surface area contributed by atoms with Gasteiger partial charge in [-0.05, 0) is 55.3 Å². The molecule has 0 saturated heterocycles. The van der Waals surface area contributed by atoms with E-state index in [1.165, 1.54) is 49.9 Å². The smallest absolute Gasteiger partial charge is 0.251 e. The van der Waals surface area contributed by atoms with Crippen LogP contribution in [0.25, 0.3) is 0 Å². The van der Waals surface area contributed by atoms with Crippen molar-refractivity contribution >= 4 is 39.3 Å². The van der Waals surface area contributed by atoms with Crippen LogP contribution in [0.15, 0.2) is 87.3 Å². The average Bonchev–Trinajstić information content (AvgIpc) is 2.84. The molecule has 2 aromatic carbocycles. The van der Waals surface area contributed by atoms with Crippen LogP contribution in [0.3, 0.4) is 0 Å². The van der Waals surface area contributed by atoms with E-state index >= 15 is 0 Å². The molecule has 0 aliphatic carbocycles. The largest absolute Gasteiger partial charge is 0.352 e. The molecule has 1 heterocycles. The molecule has 0 atom stereocenters. The summed E-state index contributed by atoms with van der Waals surface area (Å²) in [5, 5.41) is 6.93. The van der Waals surface area contributed by atoms with Crippen molar-refractivity contribution < 1.29 is 22.4 Å². The number of nitrogens with zero attached hydrogens (tertiary/aromatic N) is 1. The van der Waals surface area contributed by atoms with Gasteiger partial charge < -0.3 is 10.6 Å². The second-order valence-electron chi connectivity index (χ2n) is 7.93. The summed E-state index contributed by atoms with van der Waals surface area (Å²) >= 11 is 1.10. The SMILES string of the molecule is C\C1=C/C=C\C(F)=C\Sc2ccc(C(=O)NCCc3ccc(S(=O)(=O)N(C)C)cc3)cc2NC1=O. The van der Waals surface area contributed by atoms with E-state index in [1.807, 2.05) is 0 Å². The quantitative estimate of drug-likeness (QED) is 0.599. The number of sulfonamides is 1. The highest BCUT2D eigenvalue weighted by atomic mass is 32.2. The number of carbonyl (C=O) groups excluding carboxylic acids is 2. The number of halogens is 1. The number of thioether (sulfide) groups is 1. The molecule has 0 bridgehead atoms. The van der Waals surface area contributed by atoms with Crippen molar-refractivity contribution in [2.75, 3.05) is 26.0 Å². The first-order valence-corrected chi connectivity index (χ1v) is 13.0. The molecule has 0 aromatic heterocycles. The monoisotopic (exact) mass is 515 g/mol. The van der Waals surface area contributed by atoms with E-state index in [1.54, 1.807) is 37.3 Å². The predicted octanol–water partition coefficient (Wildman–Crippen LogP) is 4.27. The van der Waals surface area contributed by atoms with E-state index in [-0.39, 0.29) is 16.7 Å². The van der Waals surface area contributed by atoms with Gasteiger partial charge in [-0.3, -0.25) is 9.59 Å². The molecule has 0 saturated carbocycles. The van der Waals surface area contributed by atoms with Crippen LogP contribution in [0.4, 0.5) is 10.1 Å². The van der Waals surface area contributed by atoms with Crippen LogP contribution < -0.4 is 10.6 Å². The van der Waals surface area contributed by atoms with Crippen molar-refractivity contribution in [3.8, 4) is 0 Å². The van der Waals surface area contributed by atoms with Gasteiger partial charge in [-0.2, -0.15) is 0 Å². The summed E-state index contributed by atoms with van der Waals surface area (Å²) in [6.07, 6.45) is 4.75. The highest BCUT2D eigenvalue weighted by molar-refractivity contribution is 8.02. The normalized spacial score (nSPS) is 18.3. The number of carbonyl (C=O) groups is 2. The molecule has 0 unspecified atom stereocenters. The molecule has 3 rings (SSSR count). The molecule has 7 nitrogen and oxygen atoms in total. The van der Waals surface area contributed by atoms with Crippen LogP contribution in [-0.4, -0.2) is 45.2 Å². The summed E-state index contributed by atoms with van der Waals surface area (Å²) in [6.45, 7) is 1.95. The van der Waals surface area contributed by atoms with Crippen LogP contribution >= 0.6 is 11.8 Å². The van der Waals surface area contributed by atoms with E-state index in [2.05, 4.69) is 10.6 Å². The minimum absolute atomic E-state index is 0.203. The van der Waals surface area contributed by atoms with Crippen molar-refractivity contribution in [3.63, 3.8) is 0 Å². The van der Waals surface area contributed by atoms with Crippen LogP contribution in [0.1, 0.15) is 22.8 Å². The lowest BCUT2D eigenvalue weighted by Crippen LogP contribution is -2.26. The molecule has 10 heteroatoms. The number of nitrogens with one attached hydrogen (secondary N) is 2. The maximum atomic E-state index is 13.9. The van der Waals surface area contributed by atoms with Crippen molar-refractivity contribution in [3.05, 3.63) is 88.6 Å². The van der Waals surface area contributed by atoms with E-state index in [0.29, 0.717) is 34.7 Å². The summed E-state index contributed by atoms with van der Waals surface area (Å²) < 4.78 is 39.4. The van der Waals surface area contributed by atoms with Gasteiger partial charge in [0, 0.05) is 42.1 Å². The summed E-state index contributed by atoms with van der Waals surface area (Å²) in [5.41, 5.74) is 2.02. The number of hydrogen-bond acceptors (Lipinski definition) is 5. The zero-order valence-corrected chi connectivity index (χ0v) is 21.2. The lowest BCUT2D eigenvalue weighted by Gasteiger charge is -2.13. The number of rotatable bonds is 6. The van der Waals surface area contributed by atoms with Crippen molar-refractivity contribution in [1.29, 1.82) is 0 Å². The van der Waals surface area contributed by atoms with Crippen LogP contribution in [0.2, 0.25) is 0 Å². The molecular weight excluding hydrogens is 489 g/mol. The van der Waals surface area contributed by atoms with E-state index in [4.69, 9.17) is 0 Å². The minimum atomic E-state index is -3.49. The molecular formula is C25H26FN3O4S2. The Morgan fingerprint density at radius 1 is 1.14 bits per heavy atom. The third kappa shape index (κ3) is 6.91. The number of hydrogen-bond donors (Lipinski definition) is 2. The second-order valence-corrected chi connectivity index (χ2v) is 11.0. The summed E-state index contributed by atoms with van der Waals surface area (Å²) in [4.78, 5) is 26.0. The van der Waals surface area contributed by atoms with Gasteiger partial charge in [-0.15, -0.1) is 0 Å². The number of amides is 2. The summed E-state index contributed by atoms with van der Waals surface area (Å²) in [7, 11) is -0.545. The molecule has 0 spiro atoms. The highest BCUT2D eigenvalue weighted by Crippen LogP contribution is 2.31. The van der Waals surface area contributed by atoms with E-state index in [0.717, 1.165) is 21.6 Å². The fourth-order valence-corrected chi connectivity index (χ4v) is 4.68. The van der Waals surface area contributed by atoms with Gasteiger partial charge in [0.05, 0.1) is 10.6 Å². The minimum Gasteiger partial charge on any atom is -0.352 e. The van der Waals surface area contributed by atoms with Gasteiger partial charge in [-0.25, -0.2) is 17.1 Å². The van der Waals surface area contributed by atoms with Gasteiger partial charge in [0.15, 0.2) is 0 Å². The van der Waals surface area contributed by atoms with Crippen LogP contribution in [-0.2, 0) is 21.2 Å². The van der Waals surface area contributed by atoms with E-state index in [9.17, 15) is 22.4 Å². The van der Waals surface area contributed by atoms with Gasteiger partial charge in [0.1, 0.15) is 5.83 Å². The van der Waals surface area contributed by atoms with Gasteiger partial charge in [0.2, 0.25) is 10.0 Å². The Bertz CT molecular complexity index is 1310. The fraction of sp³-hybridized carbons (Fsp3) is 0.200. The maximum Gasteiger partial charge on any atom is 0.251 e. The molecule has 0 fully saturated rings. The average molecular weight is 516 g/mol. The van der Waals surface area contributed by atoms with Crippen molar-refractivity contribution in [1.82, 2.24) is 9.62 Å². The van der Waals surface area contributed by atoms with Crippen molar-refractivity contribution in [2.24, 2.45) is 0 Å². The third-order valence-corrected chi connectivity index (χ3v) is 7.93. The molecule has 1 aliphatic heterocycles. The van der Waals surface area contributed by atoms with Crippen molar-refractivity contribution in [2.45, 2.75) is 23.1 Å². The second kappa shape index (κ2) is 11.5. The standard InChI is InChI=1S/C25H26FN3O4S2/c1-17-5-4-6-20(26)16-34-23-12-9-19(15-22(23)28-24(17)30)25(31)27-14-13-18-7-10-21(11-8-18)35(32,33)29(2)3/h4-12,15-16H,13-14H2,1-3H3,(H,27,31)(H,28,30)/b6-4-,17-5+,20-16-. The number of fused-ring (bicyclic) bond motifs is 1. The van der Waals surface area contributed by atoms with Gasteiger partial charge >= 0.3 is 0 Å². The van der Waals surface area contributed by atoms with Gasteiger partial charge in [0.25, 0.3) is 11.8 Å². The third-order valence-electron chi connectivity index (χ3n) is 5.15. The lowest BCUT2D eigenvalue weighted by molar-refractivity contribution is -0.112. The summed E-state index contributed by atoms with van der Waals surface area (Å²) in [5.74, 6) is -1.13. The molecule has 1 aliphatic rings. The first kappa shape index (κ1) is 26.4. The Morgan fingerprint density at radius 2 is 1.86 bits per heavy atom. The Hall–Kier alpha value is -3.21. The maximum absolute atomic E-state index is 13.9. The number of benzene rings is 2. The first-order chi connectivity index (χ1) is 16.6. The molecule has 0 radical (unpaired) electrons. The Labute approximate surface area is 208 Å². The zero-order chi connectivity index (χ0) is 25.6. The molecule has 184 valence electrons. The predicted molar refractivity (Wildman–Crippen MR) is 136 cm³/mol. The molecule has 2 amide bonds. The highest BCUT2D eigenvalue weighted by Gasteiger charge is 2.17. The number of anilines is 1. The van der Waals surface area contributed by atoms with E-state index < -0.39 is 15.9 Å². The Balaban J connectivity index is 1.68. The zero-order valence-electron chi connectivity index (χ0n) is 19.5. The number of allylic oxidation sites excluding steroid dienone is 4. The first-order valence-electron chi connectivity index (χ1n) is 10.7. The van der Waals surface area contributed by atoms with Gasteiger partial charge in [-0.1, -0.05) is 36.0 Å². The topological polar surface area (TPSA) is 95.6 Å². The van der Waals surface area contributed by atoms with Crippen LogP contribution in [0.5, 0.6) is 0 Å².